The predicted molar refractivity (Wildman–Crippen MR) is 68.4 cm³/mol. The van der Waals surface area contributed by atoms with Gasteiger partial charge in [0.1, 0.15) is 0 Å². The Morgan fingerprint density at radius 3 is 2.25 bits per heavy atom. The summed E-state index contributed by atoms with van der Waals surface area (Å²) in [6.07, 6.45) is 0. The minimum atomic E-state index is 0.800. The third-order valence-electron chi connectivity index (χ3n) is 2.45. The van der Waals surface area contributed by atoms with Crippen LogP contribution in [-0.4, -0.2) is 0 Å². The minimum absolute atomic E-state index is 0.800. The molecular formula is C14H14ClN. The predicted octanol–water partition coefficient (Wildman–Crippen LogP) is 3.63. The molecule has 0 aliphatic carbocycles. The Labute approximate surface area is 101 Å². The fraction of sp³-hybridized carbons (Fsp3) is 0.143. The van der Waals surface area contributed by atoms with Gasteiger partial charge in [0.15, 0.2) is 0 Å². The van der Waals surface area contributed by atoms with Gasteiger partial charge in [0.2, 0.25) is 0 Å². The van der Waals surface area contributed by atoms with Gasteiger partial charge in [-0.25, -0.2) is 0 Å². The summed E-state index contributed by atoms with van der Waals surface area (Å²) in [4.78, 5) is 0. The van der Waals surface area contributed by atoms with E-state index in [1.807, 2.05) is 42.5 Å². The molecule has 0 spiro atoms. The first kappa shape index (κ1) is 11.2. The smallest absolute Gasteiger partial charge is 0.0450 e. The lowest BCUT2D eigenvalue weighted by atomic mass is 10.2. The van der Waals surface area contributed by atoms with Crippen LogP contribution in [0.1, 0.15) is 11.1 Å². The lowest BCUT2D eigenvalue weighted by Gasteiger charge is -2.06. The van der Waals surface area contributed by atoms with Gasteiger partial charge in [-0.1, -0.05) is 60.1 Å². The van der Waals surface area contributed by atoms with Crippen LogP contribution >= 0.6 is 11.6 Å². The van der Waals surface area contributed by atoms with Crippen molar-refractivity contribution in [3.8, 4) is 0 Å². The second-order valence-electron chi connectivity index (χ2n) is 3.68. The normalized spacial score (nSPS) is 10.3. The number of hydrogen-bond donors (Lipinski definition) is 1. The summed E-state index contributed by atoms with van der Waals surface area (Å²) >= 11 is 6.07. The van der Waals surface area contributed by atoms with Crippen LogP contribution in [0.15, 0.2) is 54.6 Å². The highest BCUT2D eigenvalue weighted by atomic mass is 35.5. The Balaban J connectivity index is 1.87. The number of rotatable bonds is 4. The van der Waals surface area contributed by atoms with E-state index >= 15 is 0 Å². The first-order chi connectivity index (χ1) is 7.86. The van der Waals surface area contributed by atoms with Crippen LogP contribution in [0, 0.1) is 0 Å². The summed E-state index contributed by atoms with van der Waals surface area (Å²) in [5, 5.41) is 4.20. The zero-order valence-corrected chi connectivity index (χ0v) is 9.74. The number of hydrogen-bond acceptors (Lipinski definition) is 1. The molecule has 0 radical (unpaired) electrons. The molecular weight excluding hydrogens is 218 g/mol. The molecule has 0 heterocycles. The first-order valence-electron chi connectivity index (χ1n) is 5.34. The maximum atomic E-state index is 6.07. The lowest BCUT2D eigenvalue weighted by molar-refractivity contribution is 0.693. The highest BCUT2D eigenvalue weighted by molar-refractivity contribution is 6.31. The highest BCUT2D eigenvalue weighted by Gasteiger charge is 1.97. The summed E-state index contributed by atoms with van der Waals surface area (Å²) in [5.41, 5.74) is 2.43. The summed E-state index contributed by atoms with van der Waals surface area (Å²) in [6.45, 7) is 1.67. The van der Waals surface area contributed by atoms with E-state index in [0.717, 1.165) is 23.7 Å². The van der Waals surface area contributed by atoms with Crippen molar-refractivity contribution >= 4 is 11.6 Å². The van der Waals surface area contributed by atoms with E-state index in [-0.39, 0.29) is 0 Å². The first-order valence-corrected chi connectivity index (χ1v) is 5.72. The molecule has 2 aromatic carbocycles. The summed E-state index contributed by atoms with van der Waals surface area (Å²) in [7, 11) is 0. The fourth-order valence-corrected chi connectivity index (χ4v) is 1.78. The second kappa shape index (κ2) is 5.69. The van der Waals surface area contributed by atoms with E-state index in [1.54, 1.807) is 0 Å². The molecule has 1 N–H and O–H groups in total. The van der Waals surface area contributed by atoms with Gasteiger partial charge in [-0.2, -0.15) is 0 Å². The molecule has 0 unspecified atom stereocenters. The van der Waals surface area contributed by atoms with Crippen molar-refractivity contribution in [2.45, 2.75) is 13.1 Å². The van der Waals surface area contributed by atoms with Crippen LogP contribution in [-0.2, 0) is 13.1 Å². The molecule has 0 bridgehead atoms. The second-order valence-corrected chi connectivity index (χ2v) is 4.09. The molecule has 1 nitrogen and oxygen atoms in total. The van der Waals surface area contributed by atoms with Gasteiger partial charge in [-0.15, -0.1) is 0 Å². The van der Waals surface area contributed by atoms with E-state index < -0.39 is 0 Å². The monoisotopic (exact) mass is 231 g/mol. The standard InChI is InChI=1S/C14H14ClN/c15-14-9-5-4-8-13(14)11-16-10-12-6-2-1-3-7-12/h1-9,16H,10-11H2. The molecule has 0 aromatic heterocycles. The van der Waals surface area contributed by atoms with E-state index in [1.165, 1.54) is 5.56 Å². The van der Waals surface area contributed by atoms with Crippen LogP contribution in [0.25, 0.3) is 0 Å². The number of nitrogens with one attached hydrogen (secondary N) is 1. The van der Waals surface area contributed by atoms with Gasteiger partial charge in [0, 0.05) is 18.1 Å². The molecule has 16 heavy (non-hydrogen) atoms. The van der Waals surface area contributed by atoms with Gasteiger partial charge in [0.05, 0.1) is 0 Å². The molecule has 0 aliphatic heterocycles. The third kappa shape index (κ3) is 3.09. The molecule has 2 heteroatoms. The Morgan fingerprint density at radius 1 is 0.812 bits per heavy atom. The van der Waals surface area contributed by atoms with Crippen LogP contribution in [0.4, 0.5) is 0 Å². The van der Waals surface area contributed by atoms with E-state index in [0.29, 0.717) is 0 Å². The fourth-order valence-electron chi connectivity index (χ4n) is 1.58. The van der Waals surface area contributed by atoms with Crippen molar-refractivity contribution in [1.82, 2.24) is 5.32 Å². The molecule has 0 fully saturated rings. The SMILES string of the molecule is Clc1ccccc1CNCc1ccccc1. The molecule has 0 saturated carbocycles. The maximum Gasteiger partial charge on any atom is 0.0450 e. The van der Waals surface area contributed by atoms with Crippen LogP contribution < -0.4 is 5.32 Å². The van der Waals surface area contributed by atoms with Gasteiger partial charge in [-0.3, -0.25) is 0 Å². The average molecular weight is 232 g/mol. The minimum Gasteiger partial charge on any atom is -0.309 e. The van der Waals surface area contributed by atoms with E-state index in [2.05, 4.69) is 17.4 Å². The molecule has 0 saturated heterocycles. The molecule has 2 rings (SSSR count). The summed E-state index contributed by atoms with van der Waals surface area (Å²) in [6, 6.07) is 18.3. The molecule has 2 aromatic rings. The summed E-state index contributed by atoms with van der Waals surface area (Å²) in [5.74, 6) is 0. The van der Waals surface area contributed by atoms with Crippen molar-refractivity contribution in [2.24, 2.45) is 0 Å². The number of halogens is 1. The number of benzene rings is 2. The van der Waals surface area contributed by atoms with Crippen molar-refractivity contribution < 1.29 is 0 Å². The summed E-state index contributed by atoms with van der Waals surface area (Å²) < 4.78 is 0. The zero-order chi connectivity index (χ0) is 11.2. The molecule has 82 valence electrons. The van der Waals surface area contributed by atoms with Gasteiger partial charge < -0.3 is 5.32 Å². The van der Waals surface area contributed by atoms with E-state index in [4.69, 9.17) is 11.6 Å². The average Bonchev–Trinajstić information content (AvgIpc) is 2.33. The Morgan fingerprint density at radius 2 is 1.50 bits per heavy atom. The highest BCUT2D eigenvalue weighted by Crippen LogP contribution is 2.14. The Bertz CT molecular complexity index is 439. The van der Waals surface area contributed by atoms with Crippen molar-refractivity contribution in [1.29, 1.82) is 0 Å². The largest absolute Gasteiger partial charge is 0.309 e. The quantitative estimate of drug-likeness (QED) is 0.848. The topological polar surface area (TPSA) is 12.0 Å². The van der Waals surface area contributed by atoms with Crippen LogP contribution in [0.3, 0.4) is 0 Å². The van der Waals surface area contributed by atoms with Gasteiger partial charge >= 0.3 is 0 Å². The van der Waals surface area contributed by atoms with Crippen molar-refractivity contribution in [3.05, 3.63) is 70.7 Å². The molecule has 0 atom stereocenters. The molecule has 0 amide bonds. The van der Waals surface area contributed by atoms with E-state index in [9.17, 15) is 0 Å². The maximum absolute atomic E-state index is 6.07. The zero-order valence-electron chi connectivity index (χ0n) is 8.99. The van der Waals surface area contributed by atoms with Crippen molar-refractivity contribution in [2.75, 3.05) is 0 Å². The Kier molecular flexibility index (Phi) is 3.97. The molecule has 0 aliphatic rings. The van der Waals surface area contributed by atoms with Gasteiger partial charge in [0.25, 0.3) is 0 Å². The lowest BCUT2D eigenvalue weighted by Crippen LogP contribution is -2.12. The van der Waals surface area contributed by atoms with Crippen LogP contribution in [0.2, 0.25) is 5.02 Å². The van der Waals surface area contributed by atoms with Crippen LogP contribution in [0.5, 0.6) is 0 Å². The van der Waals surface area contributed by atoms with Gasteiger partial charge in [-0.05, 0) is 17.2 Å². The third-order valence-corrected chi connectivity index (χ3v) is 2.81. The Hall–Kier alpha value is -1.31. The van der Waals surface area contributed by atoms with Crippen molar-refractivity contribution in [3.63, 3.8) is 0 Å².